The molecule has 1 aliphatic rings. The number of aromatic amines is 1. The van der Waals surface area contributed by atoms with Crippen LogP contribution in [0.15, 0.2) is 10.9 Å². The minimum atomic E-state index is -1.11. The number of rotatable bonds is 2. The van der Waals surface area contributed by atoms with Gasteiger partial charge >= 0.3 is 5.97 Å². The maximum absolute atomic E-state index is 11.1. The van der Waals surface area contributed by atoms with E-state index in [1.165, 1.54) is 0 Å². The molecule has 0 amide bonds. The molecular formula is C11H15N3O3. The first-order chi connectivity index (χ1) is 8.08. The van der Waals surface area contributed by atoms with E-state index in [0.717, 1.165) is 32.0 Å². The van der Waals surface area contributed by atoms with Gasteiger partial charge in [-0.05, 0) is 18.8 Å². The van der Waals surface area contributed by atoms with E-state index in [-0.39, 0.29) is 5.56 Å². The quantitative estimate of drug-likeness (QED) is 0.790. The highest BCUT2D eigenvalue weighted by Gasteiger charge is 2.22. The van der Waals surface area contributed by atoms with Crippen molar-refractivity contribution in [2.45, 2.75) is 19.8 Å². The van der Waals surface area contributed by atoms with Crippen molar-refractivity contribution < 1.29 is 9.90 Å². The highest BCUT2D eigenvalue weighted by atomic mass is 16.4. The predicted molar refractivity (Wildman–Crippen MR) is 62.4 cm³/mol. The van der Waals surface area contributed by atoms with Crippen molar-refractivity contribution in [2.24, 2.45) is 5.92 Å². The second-order valence-electron chi connectivity index (χ2n) is 4.44. The molecule has 1 aliphatic heterocycles. The SMILES string of the molecule is CC1CCN(c2n[nH]c(=O)cc2C(=O)O)CC1. The Bertz CT molecular complexity index is 475. The third-order valence-electron chi connectivity index (χ3n) is 3.10. The molecule has 0 radical (unpaired) electrons. The van der Waals surface area contributed by atoms with Crippen LogP contribution in [0.1, 0.15) is 30.1 Å². The average Bonchev–Trinajstić information content (AvgIpc) is 2.30. The Kier molecular flexibility index (Phi) is 3.12. The number of hydrogen-bond acceptors (Lipinski definition) is 4. The number of piperidine rings is 1. The molecule has 0 aromatic carbocycles. The molecule has 2 heterocycles. The van der Waals surface area contributed by atoms with Gasteiger partial charge in [-0.15, -0.1) is 0 Å². The zero-order chi connectivity index (χ0) is 12.4. The van der Waals surface area contributed by atoms with Gasteiger partial charge in [-0.25, -0.2) is 9.89 Å². The standard InChI is InChI=1S/C11H15N3O3/c1-7-2-4-14(5-3-7)10-8(11(16)17)6-9(15)12-13-10/h6-7H,2-5H2,1H3,(H,12,15)(H,16,17). The summed E-state index contributed by atoms with van der Waals surface area (Å²) >= 11 is 0. The fourth-order valence-electron chi connectivity index (χ4n) is 2.02. The lowest BCUT2D eigenvalue weighted by Gasteiger charge is -2.31. The van der Waals surface area contributed by atoms with E-state index >= 15 is 0 Å². The molecule has 6 heteroatoms. The van der Waals surface area contributed by atoms with Crippen LogP contribution < -0.4 is 10.5 Å². The van der Waals surface area contributed by atoms with Gasteiger partial charge in [-0.3, -0.25) is 4.79 Å². The molecule has 0 saturated carbocycles. The normalized spacial score (nSPS) is 17.1. The summed E-state index contributed by atoms with van der Waals surface area (Å²) in [5.74, 6) is -0.0940. The van der Waals surface area contributed by atoms with Crippen molar-refractivity contribution in [1.29, 1.82) is 0 Å². The van der Waals surface area contributed by atoms with Crippen LogP contribution in [-0.4, -0.2) is 34.4 Å². The minimum Gasteiger partial charge on any atom is -0.478 e. The van der Waals surface area contributed by atoms with Gasteiger partial charge in [0, 0.05) is 19.2 Å². The Morgan fingerprint density at radius 1 is 1.53 bits per heavy atom. The van der Waals surface area contributed by atoms with Crippen molar-refractivity contribution in [2.75, 3.05) is 18.0 Å². The third-order valence-corrected chi connectivity index (χ3v) is 3.10. The Balaban J connectivity index is 2.31. The number of aromatic carboxylic acids is 1. The molecule has 0 unspecified atom stereocenters. The Morgan fingerprint density at radius 2 is 2.18 bits per heavy atom. The molecule has 92 valence electrons. The Hall–Kier alpha value is -1.85. The van der Waals surface area contributed by atoms with Crippen LogP contribution >= 0.6 is 0 Å². The summed E-state index contributed by atoms with van der Waals surface area (Å²) in [5.41, 5.74) is -0.514. The van der Waals surface area contributed by atoms with Crippen LogP contribution in [0.25, 0.3) is 0 Å². The lowest BCUT2D eigenvalue weighted by atomic mass is 9.99. The van der Waals surface area contributed by atoms with Gasteiger partial charge in [0.05, 0.1) is 0 Å². The maximum atomic E-state index is 11.1. The third kappa shape index (κ3) is 2.46. The molecule has 6 nitrogen and oxygen atoms in total. The molecule has 2 N–H and O–H groups in total. The summed E-state index contributed by atoms with van der Waals surface area (Å²) in [5, 5.41) is 15.2. The second-order valence-corrected chi connectivity index (χ2v) is 4.44. The van der Waals surface area contributed by atoms with E-state index < -0.39 is 11.5 Å². The molecule has 0 spiro atoms. The number of nitrogens with zero attached hydrogens (tertiary/aromatic N) is 2. The van der Waals surface area contributed by atoms with Gasteiger partial charge in [-0.2, -0.15) is 5.10 Å². The van der Waals surface area contributed by atoms with Gasteiger partial charge in [0.1, 0.15) is 5.56 Å². The molecule has 2 rings (SSSR count). The van der Waals surface area contributed by atoms with Gasteiger partial charge in [-0.1, -0.05) is 6.92 Å². The molecule has 17 heavy (non-hydrogen) atoms. The number of H-pyrrole nitrogens is 1. The van der Waals surface area contributed by atoms with Crippen molar-refractivity contribution in [3.8, 4) is 0 Å². The van der Waals surface area contributed by atoms with Crippen LogP contribution in [0.2, 0.25) is 0 Å². The van der Waals surface area contributed by atoms with Gasteiger partial charge < -0.3 is 10.0 Å². The first kappa shape index (κ1) is 11.6. The molecular weight excluding hydrogens is 222 g/mol. The van der Waals surface area contributed by atoms with Crippen molar-refractivity contribution in [3.05, 3.63) is 22.0 Å². The number of anilines is 1. The maximum Gasteiger partial charge on any atom is 0.339 e. The first-order valence-corrected chi connectivity index (χ1v) is 5.66. The lowest BCUT2D eigenvalue weighted by Crippen LogP contribution is -2.35. The van der Waals surface area contributed by atoms with Crippen LogP contribution in [0.4, 0.5) is 5.82 Å². The van der Waals surface area contributed by atoms with Gasteiger partial charge in [0.2, 0.25) is 0 Å². The lowest BCUT2D eigenvalue weighted by molar-refractivity contribution is 0.0696. The molecule has 0 bridgehead atoms. The van der Waals surface area contributed by atoms with Crippen LogP contribution in [0.5, 0.6) is 0 Å². The van der Waals surface area contributed by atoms with Crippen molar-refractivity contribution >= 4 is 11.8 Å². The van der Waals surface area contributed by atoms with E-state index in [4.69, 9.17) is 5.11 Å². The van der Waals surface area contributed by atoms with Crippen LogP contribution in [0.3, 0.4) is 0 Å². The predicted octanol–water partition coefficient (Wildman–Crippen LogP) is 0.704. The van der Waals surface area contributed by atoms with E-state index in [9.17, 15) is 9.59 Å². The summed E-state index contributed by atoms with van der Waals surface area (Å²) in [7, 11) is 0. The largest absolute Gasteiger partial charge is 0.478 e. The van der Waals surface area contributed by atoms with Crippen molar-refractivity contribution in [1.82, 2.24) is 10.2 Å². The number of hydrogen-bond donors (Lipinski definition) is 2. The smallest absolute Gasteiger partial charge is 0.339 e. The first-order valence-electron chi connectivity index (χ1n) is 5.66. The Labute approximate surface area is 98.3 Å². The van der Waals surface area contributed by atoms with E-state index in [1.807, 2.05) is 4.90 Å². The summed E-state index contributed by atoms with van der Waals surface area (Å²) < 4.78 is 0. The van der Waals surface area contributed by atoms with Crippen molar-refractivity contribution in [3.63, 3.8) is 0 Å². The van der Waals surface area contributed by atoms with Crippen LogP contribution in [-0.2, 0) is 0 Å². The average molecular weight is 237 g/mol. The number of carboxylic acids is 1. The summed E-state index contributed by atoms with van der Waals surface area (Å²) in [4.78, 5) is 24.1. The summed E-state index contributed by atoms with van der Waals surface area (Å²) in [6.07, 6.45) is 2.03. The molecule has 0 atom stereocenters. The zero-order valence-electron chi connectivity index (χ0n) is 9.64. The zero-order valence-corrected chi connectivity index (χ0v) is 9.64. The molecule has 0 aliphatic carbocycles. The fourth-order valence-corrected chi connectivity index (χ4v) is 2.02. The second kappa shape index (κ2) is 4.57. The molecule has 1 saturated heterocycles. The summed E-state index contributed by atoms with van der Waals surface area (Å²) in [6.45, 7) is 3.73. The fraction of sp³-hybridized carbons (Fsp3) is 0.545. The number of carbonyl (C=O) groups is 1. The number of carboxylic acid groups (broad SMARTS) is 1. The molecule has 1 fully saturated rings. The van der Waals surface area contributed by atoms with E-state index in [0.29, 0.717) is 11.7 Å². The molecule has 1 aromatic heterocycles. The number of aromatic nitrogens is 2. The number of nitrogens with one attached hydrogen (secondary N) is 1. The van der Waals surface area contributed by atoms with E-state index in [1.54, 1.807) is 0 Å². The minimum absolute atomic E-state index is 0.0247. The monoisotopic (exact) mass is 237 g/mol. The highest BCUT2D eigenvalue weighted by molar-refractivity contribution is 5.93. The highest BCUT2D eigenvalue weighted by Crippen LogP contribution is 2.22. The van der Waals surface area contributed by atoms with E-state index in [2.05, 4.69) is 17.1 Å². The van der Waals surface area contributed by atoms with Gasteiger partial charge in [0.25, 0.3) is 5.56 Å². The van der Waals surface area contributed by atoms with Crippen LogP contribution in [0, 0.1) is 5.92 Å². The van der Waals surface area contributed by atoms with Gasteiger partial charge in [0.15, 0.2) is 5.82 Å². The Morgan fingerprint density at radius 3 is 2.76 bits per heavy atom. The topological polar surface area (TPSA) is 86.3 Å². The molecule has 1 aromatic rings. The summed E-state index contributed by atoms with van der Waals surface area (Å²) in [6, 6.07) is 1.09.